The molecule has 1 saturated heterocycles. The van der Waals surface area contributed by atoms with Crippen LogP contribution in [0.3, 0.4) is 0 Å². The van der Waals surface area contributed by atoms with E-state index in [0.717, 1.165) is 71.5 Å². The quantitative estimate of drug-likeness (QED) is 0.441. The molecule has 1 N–H and O–H groups in total. The van der Waals surface area contributed by atoms with Crippen molar-refractivity contribution in [3.63, 3.8) is 0 Å². The van der Waals surface area contributed by atoms with E-state index in [1.165, 1.54) is 5.57 Å². The lowest BCUT2D eigenvalue weighted by Crippen LogP contribution is -2.42. The maximum atomic E-state index is 11.1. The molecule has 1 aromatic heterocycles. The van der Waals surface area contributed by atoms with Gasteiger partial charge in [0.1, 0.15) is 12.4 Å². The van der Waals surface area contributed by atoms with Crippen molar-refractivity contribution in [2.75, 3.05) is 19.6 Å². The number of pyridine rings is 1. The molecule has 0 radical (unpaired) electrons. The van der Waals surface area contributed by atoms with Crippen LogP contribution >= 0.6 is 27.5 Å². The summed E-state index contributed by atoms with van der Waals surface area (Å²) in [4.78, 5) is 6.99. The molecule has 3 aromatic rings. The lowest BCUT2D eigenvalue weighted by Gasteiger charge is -2.38. The third kappa shape index (κ3) is 4.87. The van der Waals surface area contributed by atoms with Gasteiger partial charge in [0.05, 0.1) is 11.3 Å². The Morgan fingerprint density at radius 3 is 2.67 bits per heavy atom. The number of rotatable bonds is 4. The number of piperidine rings is 1. The second-order valence-corrected chi connectivity index (χ2v) is 10.1. The van der Waals surface area contributed by atoms with Crippen LogP contribution in [-0.4, -0.2) is 34.6 Å². The first kappa shape index (κ1) is 22.6. The Hall–Kier alpha value is -2.18. The minimum absolute atomic E-state index is 0.465. The average Bonchev–Trinajstić information content (AvgIpc) is 2.98. The molecule has 2 aromatic carbocycles. The van der Waals surface area contributed by atoms with Gasteiger partial charge in [-0.3, -0.25) is 4.98 Å². The highest BCUT2D eigenvalue weighted by Crippen LogP contribution is 2.38. The van der Waals surface area contributed by atoms with Crippen molar-refractivity contribution in [3.05, 3.63) is 98.7 Å². The van der Waals surface area contributed by atoms with Gasteiger partial charge in [-0.2, -0.15) is 0 Å². The SMILES string of the molecule is OC1(c2ccc(Cl)cc2)CCN(CC/C=C2/c3ccc(Br)cc3OCc3ncccc32)CC1. The Morgan fingerprint density at radius 2 is 1.88 bits per heavy atom. The van der Waals surface area contributed by atoms with Crippen molar-refractivity contribution in [1.29, 1.82) is 0 Å². The zero-order chi connectivity index (χ0) is 22.8. The number of likely N-dealkylation sites (tertiary alicyclic amines) is 1. The van der Waals surface area contributed by atoms with Crippen LogP contribution in [0.1, 0.15) is 41.6 Å². The van der Waals surface area contributed by atoms with Gasteiger partial charge < -0.3 is 14.7 Å². The second kappa shape index (κ2) is 9.59. The molecule has 0 aliphatic carbocycles. The molecule has 170 valence electrons. The van der Waals surface area contributed by atoms with Crippen LogP contribution in [0.15, 0.2) is 71.3 Å². The van der Waals surface area contributed by atoms with Gasteiger partial charge in [0.15, 0.2) is 0 Å². The number of halogens is 2. The van der Waals surface area contributed by atoms with E-state index in [1.54, 1.807) is 0 Å². The Labute approximate surface area is 208 Å². The molecule has 6 heteroatoms. The summed E-state index contributed by atoms with van der Waals surface area (Å²) in [6.45, 7) is 3.15. The first-order chi connectivity index (χ1) is 16.0. The maximum absolute atomic E-state index is 11.1. The lowest BCUT2D eigenvalue weighted by atomic mass is 9.84. The van der Waals surface area contributed by atoms with Gasteiger partial charge in [-0.05, 0) is 66.8 Å². The van der Waals surface area contributed by atoms with Gasteiger partial charge >= 0.3 is 0 Å². The van der Waals surface area contributed by atoms with E-state index in [9.17, 15) is 5.11 Å². The van der Waals surface area contributed by atoms with Crippen LogP contribution in [0.2, 0.25) is 5.02 Å². The molecule has 5 rings (SSSR count). The van der Waals surface area contributed by atoms with E-state index < -0.39 is 5.60 Å². The molecule has 3 heterocycles. The van der Waals surface area contributed by atoms with Crippen LogP contribution in [0, 0.1) is 0 Å². The lowest BCUT2D eigenvalue weighted by molar-refractivity contribution is -0.0254. The summed E-state index contributed by atoms with van der Waals surface area (Å²) in [7, 11) is 0. The highest BCUT2D eigenvalue weighted by molar-refractivity contribution is 9.10. The third-order valence-electron chi connectivity index (χ3n) is 6.64. The monoisotopic (exact) mass is 524 g/mol. The van der Waals surface area contributed by atoms with E-state index in [1.807, 2.05) is 42.6 Å². The van der Waals surface area contributed by atoms with E-state index in [2.05, 4.69) is 50.1 Å². The number of hydrogen-bond donors (Lipinski definition) is 1. The highest BCUT2D eigenvalue weighted by Gasteiger charge is 2.33. The van der Waals surface area contributed by atoms with Gasteiger partial charge in [-0.25, -0.2) is 0 Å². The normalized spacial score (nSPS) is 18.8. The topological polar surface area (TPSA) is 45.6 Å². The smallest absolute Gasteiger partial charge is 0.131 e. The number of aromatic nitrogens is 1. The summed E-state index contributed by atoms with van der Waals surface area (Å²) >= 11 is 9.57. The zero-order valence-electron chi connectivity index (χ0n) is 18.3. The van der Waals surface area contributed by atoms with E-state index in [-0.39, 0.29) is 0 Å². The Morgan fingerprint density at radius 1 is 1.09 bits per heavy atom. The van der Waals surface area contributed by atoms with Crippen LogP contribution in [0.4, 0.5) is 0 Å². The summed E-state index contributed by atoms with van der Waals surface area (Å²) in [6, 6.07) is 17.9. The van der Waals surface area contributed by atoms with E-state index in [4.69, 9.17) is 16.3 Å². The Kier molecular flexibility index (Phi) is 6.57. The number of hydrogen-bond acceptors (Lipinski definition) is 4. The first-order valence-corrected chi connectivity index (χ1v) is 12.5. The molecule has 1 fully saturated rings. The molecular formula is C27H26BrClN2O2. The Bertz CT molecular complexity index is 1170. The average molecular weight is 526 g/mol. The standard InChI is InChI=1S/C27H26BrClN2O2/c28-20-7-10-24-22(23-3-1-13-30-25(23)18-33-26(24)17-20)4-2-14-31-15-11-27(32,12-16-31)19-5-8-21(29)9-6-19/h1,3-10,13,17,32H,2,11-12,14-16,18H2/b22-4+. The maximum Gasteiger partial charge on any atom is 0.131 e. The molecular weight excluding hydrogens is 500 g/mol. The minimum Gasteiger partial charge on any atom is -0.487 e. The fourth-order valence-electron chi connectivity index (χ4n) is 4.73. The minimum atomic E-state index is -0.769. The molecule has 2 aliphatic heterocycles. The molecule has 0 unspecified atom stereocenters. The van der Waals surface area contributed by atoms with Gasteiger partial charge in [-0.15, -0.1) is 0 Å². The van der Waals surface area contributed by atoms with E-state index >= 15 is 0 Å². The molecule has 0 amide bonds. The predicted octanol–water partition coefficient (Wildman–Crippen LogP) is 6.20. The molecule has 0 bridgehead atoms. The fraction of sp³-hybridized carbons (Fsp3) is 0.296. The van der Waals surface area contributed by atoms with Crippen LogP contribution in [0.5, 0.6) is 5.75 Å². The molecule has 0 spiro atoms. The molecule has 4 nitrogen and oxygen atoms in total. The van der Waals surface area contributed by atoms with E-state index in [0.29, 0.717) is 11.6 Å². The molecule has 0 saturated carbocycles. The van der Waals surface area contributed by atoms with Crippen molar-refractivity contribution >= 4 is 33.1 Å². The zero-order valence-corrected chi connectivity index (χ0v) is 20.6. The first-order valence-electron chi connectivity index (χ1n) is 11.3. The van der Waals surface area contributed by atoms with Crippen molar-refractivity contribution in [1.82, 2.24) is 9.88 Å². The predicted molar refractivity (Wildman–Crippen MR) is 135 cm³/mol. The summed E-state index contributed by atoms with van der Waals surface area (Å²) < 4.78 is 7.08. The van der Waals surface area contributed by atoms with Crippen LogP contribution in [0.25, 0.3) is 5.57 Å². The van der Waals surface area contributed by atoms with Crippen LogP contribution < -0.4 is 4.74 Å². The fourth-order valence-corrected chi connectivity index (χ4v) is 5.20. The molecule has 33 heavy (non-hydrogen) atoms. The van der Waals surface area contributed by atoms with Gasteiger partial charge in [0.2, 0.25) is 0 Å². The summed E-state index contributed by atoms with van der Waals surface area (Å²) in [5.41, 5.74) is 4.55. The number of fused-ring (bicyclic) bond motifs is 2. The third-order valence-corrected chi connectivity index (χ3v) is 7.38. The Balaban J connectivity index is 1.30. The van der Waals surface area contributed by atoms with Crippen molar-refractivity contribution in [2.24, 2.45) is 0 Å². The summed E-state index contributed by atoms with van der Waals surface area (Å²) in [6.07, 6.45) is 6.49. The number of ether oxygens (including phenoxy) is 1. The summed E-state index contributed by atoms with van der Waals surface area (Å²) in [5, 5.41) is 11.8. The highest BCUT2D eigenvalue weighted by atomic mass is 79.9. The number of aliphatic hydroxyl groups is 1. The number of benzene rings is 2. The van der Waals surface area contributed by atoms with Crippen molar-refractivity contribution in [2.45, 2.75) is 31.5 Å². The largest absolute Gasteiger partial charge is 0.487 e. The number of nitrogens with zero attached hydrogens (tertiary/aromatic N) is 2. The second-order valence-electron chi connectivity index (χ2n) is 8.71. The van der Waals surface area contributed by atoms with Crippen molar-refractivity contribution in [3.8, 4) is 5.75 Å². The summed E-state index contributed by atoms with van der Waals surface area (Å²) in [5.74, 6) is 0.875. The van der Waals surface area contributed by atoms with Gasteiger partial charge in [0, 0.05) is 46.5 Å². The van der Waals surface area contributed by atoms with Crippen LogP contribution in [-0.2, 0) is 12.2 Å². The van der Waals surface area contributed by atoms with Crippen molar-refractivity contribution < 1.29 is 9.84 Å². The van der Waals surface area contributed by atoms with Gasteiger partial charge in [-0.1, -0.05) is 51.8 Å². The van der Waals surface area contributed by atoms with Gasteiger partial charge in [0.25, 0.3) is 0 Å². The molecule has 2 aliphatic rings. The molecule has 0 atom stereocenters.